The summed E-state index contributed by atoms with van der Waals surface area (Å²) in [5.74, 6) is 0.428. The molecule has 0 spiro atoms. The summed E-state index contributed by atoms with van der Waals surface area (Å²) in [5, 5.41) is 0. The van der Waals surface area contributed by atoms with Gasteiger partial charge in [0, 0.05) is 33.4 Å². The first kappa shape index (κ1) is 13.5. The van der Waals surface area contributed by atoms with Crippen LogP contribution in [0.15, 0.2) is 39.5 Å². The first-order valence-corrected chi connectivity index (χ1v) is 7.22. The van der Waals surface area contributed by atoms with Gasteiger partial charge in [0.05, 0.1) is 0 Å². The van der Waals surface area contributed by atoms with E-state index in [4.69, 9.17) is 0 Å². The van der Waals surface area contributed by atoms with Crippen molar-refractivity contribution in [3.05, 3.63) is 50.9 Å². The van der Waals surface area contributed by atoms with E-state index >= 15 is 0 Å². The summed E-state index contributed by atoms with van der Waals surface area (Å²) in [6.45, 7) is 2.88. The SMILES string of the molecule is CCCn1ccnc1C(=O)c1cc(Br)cc(Br)c1. The van der Waals surface area contributed by atoms with E-state index in [1.54, 1.807) is 18.3 Å². The fourth-order valence-corrected chi connectivity index (χ4v) is 3.05. The van der Waals surface area contributed by atoms with Crippen LogP contribution in [0.4, 0.5) is 0 Å². The predicted octanol–water partition coefficient (Wildman–Crippen LogP) is 4.05. The quantitative estimate of drug-likeness (QED) is 0.760. The Bertz CT molecular complexity index is 558. The Kier molecular flexibility index (Phi) is 4.35. The van der Waals surface area contributed by atoms with E-state index in [1.807, 2.05) is 16.8 Å². The van der Waals surface area contributed by atoms with Crippen LogP contribution in [-0.2, 0) is 6.54 Å². The molecule has 0 aliphatic carbocycles. The number of aryl methyl sites for hydroxylation is 1. The fraction of sp³-hybridized carbons (Fsp3) is 0.231. The van der Waals surface area contributed by atoms with Crippen molar-refractivity contribution < 1.29 is 4.79 Å². The van der Waals surface area contributed by atoms with E-state index in [9.17, 15) is 4.79 Å². The molecule has 0 radical (unpaired) electrons. The number of hydrogen-bond acceptors (Lipinski definition) is 2. The summed E-state index contributed by atoms with van der Waals surface area (Å²) in [7, 11) is 0. The standard InChI is InChI=1S/C13H12Br2N2O/c1-2-4-17-5-3-16-13(17)12(18)9-6-10(14)8-11(15)7-9/h3,5-8H,2,4H2,1H3. The van der Waals surface area contributed by atoms with Gasteiger partial charge in [-0.15, -0.1) is 0 Å². The molecule has 0 fully saturated rings. The third-order valence-electron chi connectivity index (χ3n) is 2.51. The molecule has 0 atom stereocenters. The van der Waals surface area contributed by atoms with Crippen molar-refractivity contribution in [2.24, 2.45) is 0 Å². The number of carbonyl (C=O) groups is 1. The normalized spacial score (nSPS) is 10.6. The molecule has 94 valence electrons. The van der Waals surface area contributed by atoms with Crippen LogP contribution < -0.4 is 0 Å². The lowest BCUT2D eigenvalue weighted by Crippen LogP contribution is -2.11. The van der Waals surface area contributed by atoms with Gasteiger partial charge in [0.15, 0.2) is 5.82 Å². The third kappa shape index (κ3) is 2.90. The second-order valence-electron chi connectivity index (χ2n) is 3.93. The minimum Gasteiger partial charge on any atom is -0.328 e. The van der Waals surface area contributed by atoms with Crippen LogP contribution in [0.25, 0.3) is 0 Å². The van der Waals surface area contributed by atoms with E-state index in [0.29, 0.717) is 11.4 Å². The van der Waals surface area contributed by atoms with Gasteiger partial charge in [-0.1, -0.05) is 38.8 Å². The summed E-state index contributed by atoms with van der Waals surface area (Å²) in [5.41, 5.74) is 0.625. The molecule has 2 rings (SSSR count). The molecular formula is C13H12Br2N2O. The summed E-state index contributed by atoms with van der Waals surface area (Å²) >= 11 is 6.77. The lowest BCUT2D eigenvalue weighted by atomic mass is 10.1. The van der Waals surface area contributed by atoms with Crippen molar-refractivity contribution in [1.29, 1.82) is 0 Å². The lowest BCUT2D eigenvalue weighted by Gasteiger charge is -2.06. The smallest absolute Gasteiger partial charge is 0.228 e. The molecule has 18 heavy (non-hydrogen) atoms. The third-order valence-corrected chi connectivity index (χ3v) is 3.42. The number of rotatable bonds is 4. The lowest BCUT2D eigenvalue weighted by molar-refractivity contribution is 0.102. The second kappa shape index (κ2) is 5.80. The van der Waals surface area contributed by atoms with Gasteiger partial charge in [0.1, 0.15) is 0 Å². The molecule has 0 amide bonds. The fourth-order valence-electron chi connectivity index (χ4n) is 1.75. The van der Waals surface area contributed by atoms with Crippen LogP contribution in [0, 0.1) is 0 Å². The van der Waals surface area contributed by atoms with E-state index in [0.717, 1.165) is 21.9 Å². The number of benzene rings is 1. The first-order chi connectivity index (χ1) is 8.61. The maximum Gasteiger partial charge on any atom is 0.228 e. The number of carbonyl (C=O) groups excluding carboxylic acids is 1. The van der Waals surface area contributed by atoms with Gasteiger partial charge in [-0.3, -0.25) is 4.79 Å². The van der Waals surface area contributed by atoms with Gasteiger partial charge in [-0.2, -0.15) is 0 Å². The molecule has 3 nitrogen and oxygen atoms in total. The highest BCUT2D eigenvalue weighted by Crippen LogP contribution is 2.21. The Labute approximate surface area is 122 Å². The second-order valence-corrected chi connectivity index (χ2v) is 5.76. The number of nitrogens with zero attached hydrogens (tertiary/aromatic N) is 2. The van der Waals surface area contributed by atoms with Gasteiger partial charge < -0.3 is 4.57 Å². The van der Waals surface area contributed by atoms with Gasteiger partial charge in [0.25, 0.3) is 0 Å². The molecule has 0 aliphatic rings. The number of imidazole rings is 1. The van der Waals surface area contributed by atoms with E-state index < -0.39 is 0 Å². The Morgan fingerprint density at radius 2 is 1.94 bits per heavy atom. The average Bonchev–Trinajstić information content (AvgIpc) is 2.75. The molecule has 0 unspecified atom stereocenters. The highest BCUT2D eigenvalue weighted by Gasteiger charge is 2.15. The molecule has 2 aromatic rings. The number of aromatic nitrogens is 2. The van der Waals surface area contributed by atoms with Crippen LogP contribution in [0.3, 0.4) is 0 Å². The summed E-state index contributed by atoms with van der Waals surface area (Å²) in [6.07, 6.45) is 4.47. The Balaban J connectivity index is 2.38. The Morgan fingerprint density at radius 1 is 1.28 bits per heavy atom. The zero-order chi connectivity index (χ0) is 13.1. The molecular weight excluding hydrogens is 360 g/mol. The number of ketones is 1. The van der Waals surface area contributed by atoms with Gasteiger partial charge in [0.2, 0.25) is 5.78 Å². The van der Waals surface area contributed by atoms with Crippen LogP contribution >= 0.6 is 31.9 Å². The van der Waals surface area contributed by atoms with Crippen LogP contribution in [0.2, 0.25) is 0 Å². The van der Waals surface area contributed by atoms with E-state index in [2.05, 4.69) is 43.8 Å². The van der Waals surface area contributed by atoms with Crippen molar-refractivity contribution in [3.63, 3.8) is 0 Å². The number of hydrogen-bond donors (Lipinski definition) is 0. The van der Waals surface area contributed by atoms with Crippen molar-refractivity contribution in [2.75, 3.05) is 0 Å². The molecule has 0 bridgehead atoms. The van der Waals surface area contributed by atoms with Crippen molar-refractivity contribution in [1.82, 2.24) is 9.55 Å². The van der Waals surface area contributed by atoms with Gasteiger partial charge in [-0.05, 0) is 24.6 Å². The van der Waals surface area contributed by atoms with Crippen LogP contribution in [0.1, 0.15) is 29.5 Å². The molecule has 0 saturated carbocycles. The predicted molar refractivity (Wildman–Crippen MR) is 77.8 cm³/mol. The topological polar surface area (TPSA) is 34.9 Å². The Morgan fingerprint density at radius 3 is 2.56 bits per heavy atom. The maximum atomic E-state index is 12.4. The highest BCUT2D eigenvalue weighted by atomic mass is 79.9. The minimum absolute atomic E-state index is 0.0598. The van der Waals surface area contributed by atoms with Gasteiger partial charge >= 0.3 is 0 Å². The Hall–Kier alpha value is -0.940. The van der Waals surface area contributed by atoms with E-state index in [-0.39, 0.29) is 5.78 Å². The van der Waals surface area contributed by atoms with Crippen molar-refractivity contribution >= 4 is 37.6 Å². The zero-order valence-corrected chi connectivity index (χ0v) is 13.0. The maximum absolute atomic E-state index is 12.4. The van der Waals surface area contributed by atoms with E-state index in [1.165, 1.54) is 0 Å². The van der Waals surface area contributed by atoms with Crippen LogP contribution in [-0.4, -0.2) is 15.3 Å². The molecule has 0 aliphatic heterocycles. The molecule has 0 saturated heterocycles. The van der Waals surface area contributed by atoms with Crippen molar-refractivity contribution in [3.8, 4) is 0 Å². The van der Waals surface area contributed by atoms with Gasteiger partial charge in [-0.25, -0.2) is 4.98 Å². The van der Waals surface area contributed by atoms with Crippen LogP contribution in [0.5, 0.6) is 0 Å². The zero-order valence-electron chi connectivity index (χ0n) is 9.86. The summed E-state index contributed by atoms with van der Waals surface area (Å²) in [6, 6.07) is 5.51. The molecule has 1 heterocycles. The molecule has 5 heteroatoms. The summed E-state index contributed by atoms with van der Waals surface area (Å²) in [4.78, 5) is 16.5. The first-order valence-electron chi connectivity index (χ1n) is 5.63. The van der Waals surface area contributed by atoms with Crippen molar-refractivity contribution in [2.45, 2.75) is 19.9 Å². The number of halogens is 2. The minimum atomic E-state index is -0.0598. The summed E-state index contributed by atoms with van der Waals surface area (Å²) < 4.78 is 3.62. The molecule has 1 aromatic carbocycles. The largest absolute Gasteiger partial charge is 0.328 e. The molecule has 0 N–H and O–H groups in total. The monoisotopic (exact) mass is 370 g/mol. The average molecular weight is 372 g/mol. The molecule has 1 aromatic heterocycles. The highest BCUT2D eigenvalue weighted by molar-refractivity contribution is 9.11.